The molecule has 2 N–H and O–H groups in total. The van der Waals surface area contributed by atoms with Crippen LogP contribution in [0.2, 0.25) is 0 Å². The number of benzene rings is 2. The first kappa shape index (κ1) is 22.2. The summed E-state index contributed by atoms with van der Waals surface area (Å²) in [5, 5.41) is 18.8. The molecule has 0 aliphatic carbocycles. The fourth-order valence-corrected chi connectivity index (χ4v) is 3.56. The lowest BCUT2D eigenvalue weighted by atomic mass is 9.76. The molecule has 8 heteroatoms. The minimum Gasteiger partial charge on any atom is -0.469 e. The Kier molecular flexibility index (Phi) is 5.94. The lowest BCUT2D eigenvalue weighted by Crippen LogP contribution is -2.45. The molecule has 8 nitrogen and oxygen atoms in total. The number of ether oxygens (including phenoxy) is 1. The first-order chi connectivity index (χ1) is 14.6. The molecular formula is C23H24N2O6. The van der Waals surface area contributed by atoms with Gasteiger partial charge in [-0.3, -0.25) is 9.59 Å². The predicted octanol–water partition coefficient (Wildman–Crippen LogP) is 2.91. The van der Waals surface area contributed by atoms with Crippen LogP contribution in [0.1, 0.15) is 31.5 Å². The van der Waals surface area contributed by atoms with E-state index in [1.165, 1.54) is 19.2 Å². The van der Waals surface area contributed by atoms with Gasteiger partial charge in [-0.2, -0.15) is 0 Å². The quantitative estimate of drug-likeness (QED) is 0.584. The van der Waals surface area contributed by atoms with E-state index >= 15 is 0 Å². The number of rotatable bonds is 6. The SMILES string of the molecule is COC(=O)C(C)(C)CC(O)(C(=O)Nc1ccc2c(=O)onc(C)c2c1)c1ccccc1. The zero-order valence-corrected chi connectivity index (χ0v) is 17.8. The van der Waals surface area contributed by atoms with Crippen molar-refractivity contribution in [1.29, 1.82) is 0 Å². The third-order valence-corrected chi connectivity index (χ3v) is 5.22. The molecule has 1 unspecified atom stereocenters. The maximum Gasteiger partial charge on any atom is 0.366 e. The molecule has 1 aromatic heterocycles. The number of hydrogen-bond acceptors (Lipinski definition) is 7. The Morgan fingerprint density at radius 2 is 1.81 bits per heavy atom. The highest BCUT2D eigenvalue weighted by molar-refractivity contribution is 6.00. The van der Waals surface area contributed by atoms with E-state index in [1.54, 1.807) is 57.2 Å². The number of anilines is 1. The van der Waals surface area contributed by atoms with Crippen LogP contribution in [0.25, 0.3) is 10.8 Å². The molecule has 0 bridgehead atoms. The molecule has 31 heavy (non-hydrogen) atoms. The van der Waals surface area contributed by atoms with E-state index in [-0.39, 0.29) is 6.42 Å². The Morgan fingerprint density at radius 1 is 1.13 bits per heavy atom. The largest absolute Gasteiger partial charge is 0.469 e. The Hall–Kier alpha value is -3.52. The van der Waals surface area contributed by atoms with Crippen molar-refractivity contribution in [2.45, 2.75) is 32.8 Å². The van der Waals surface area contributed by atoms with E-state index in [2.05, 4.69) is 10.5 Å². The van der Waals surface area contributed by atoms with Gasteiger partial charge in [-0.25, -0.2) is 4.79 Å². The van der Waals surface area contributed by atoms with Gasteiger partial charge in [0.2, 0.25) is 0 Å². The molecule has 1 atom stereocenters. The average Bonchev–Trinajstić information content (AvgIpc) is 2.76. The smallest absolute Gasteiger partial charge is 0.366 e. The van der Waals surface area contributed by atoms with Gasteiger partial charge in [-0.15, -0.1) is 0 Å². The molecule has 2 aromatic carbocycles. The summed E-state index contributed by atoms with van der Waals surface area (Å²) < 4.78 is 9.56. The third-order valence-electron chi connectivity index (χ3n) is 5.22. The number of methoxy groups -OCH3 is 1. The predicted molar refractivity (Wildman–Crippen MR) is 114 cm³/mol. The number of aryl methyl sites for hydroxylation is 1. The van der Waals surface area contributed by atoms with E-state index in [0.717, 1.165) is 0 Å². The van der Waals surface area contributed by atoms with Crippen molar-refractivity contribution in [3.63, 3.8) is 0 Å². The lowest BCUT2D eigenvalue weighted by molar-refractivity contribution is -0.157. The Labute approximate surface area is 178 Å². The molecule has 3 aromatic rings. The number of amides is 1. The van der Waals surface area contributed by atoms with Gasteiger partial charge in [0, 0.05) is 17.5 Å². The number of aromatic nitrogens is 1. The second-order valence-corrected chi connectivity index (χ2v) is 8.05. The average molecular weight is 424 g/mol. The van der Waals surface area contributed by atoms with Gasteiger partial charge in [-0.05, 0) is 44.5 Å². The molecule has 1 amide bonds. The molecule has 162 valence electrons. The molecule has 1 heterocycles. The number of nitrogens with zero attached hydrogens (tertiary/aromatic N) is 1. The minimum absolute atomic E-state index is 0.208. The van der Waals surface area contributed by atoms with Crippen LogP contribution in [0.3, 0.4) is 0 Å². The summed E-state index contributed by atoms with van der Waals surface area (Å²) >= 11 is 0. The fourth-order valence-electron chi connectivity index (χ4n) is 3.56. The molecule has 0 aliphatic rings. The van der Waals surface area contributed by atoms with Gasteiger partial charge < -0.3 is 19.7 Å². The Bertz CT molecular complexity index is 1190. The van der Waals surface area contributed by atoms with Crippen molar-refractivity contribution in [1.82, 2.24) is 5.16 Å². The van der Waals surface area contributed by atoms with Crippen LogP contribution in [0, 0.1) is 12.3 Å². The van der Waals surface area contributed by atoms with Gasteiger partial charge in [0.15, 0.2) is 5.60 Å². The Morgan fingerprint density at radius 3 is 2.45 bits per heavy atom. The van der Waals surface area contributed by atoms with E-state index in [1.807, 2.05) is 0 Å². The number of hydrogen-bond donors (Lipinski definition) is 2. The van der Waals surface area contributed by atoms with Crippen molar-refractivity contribution in [2.24, 2.45) is 5.41 Å². The fraction of sp³-hybridized carbons (Fsp3) is 0.304. The molecule has 0 aliphatic heterocycles. The van der Waals surface area contributed by atoms with Crippen molar-refractivity contribution in [2.75, 3.05) is 12.4 Å². The van der Waals surface area contributed by atoms with Crippen LogP contribution < -0.4 is 10.9 Å². The monoisotopic (exact) mass is 424 g/mol. The second-order valence-electron chi connectivity index (χ2n) is 8.05. The highest BCUT2D eigenvalue weighted by Gasteiger charge is 2.46. The van der Waals surface area contributed by atoms with Crippen LogP contribution in [-0.2, 0) is 19.9 Å². The summed E-state index contributed by atoms with van der Waals surface area (Å²) in [7, 11) is 1.26. The zero-order chi connectivity index (χ0) is 22.8. The van der Waals surface area contributed by atoms with Crippen molar-refractivity contribution in [3.05, 3.63) is 70.2 Å². The summed E-state index contributed by atoms with van der Waals surface area (Å²) in [5.74, 6) is -1.27. The standard InChI is InChI=1S/C23H24N2O6/c1-14-18-12-16(10-11-17(18)19(26)31-25-14)24-20(27)23(29,15-8-6-5-7-9-15)13-22(2,3)21(28)30-4/h5-12,29H,13H2,1-4H3,(H,24,27). The third kappa shape index (κ3) is 4.34. The lowest BCUT2D eigenvalue weighted by Gasteiger charge is -2.34. The maximum atomic E-state index is 13.3. The zero-order valence-electron chi connectivity index (χ0n) is 17.8. The normalized spacial score (nSPS) is 13.5. The van der Waals surface area contributed by atoms with Crippen LogP contribution in [0.15, 0.2) is 57.8 Å². The number of esters is 1. The van der Waals surface area contributed by atoms with Gasteiger partial charge in [0.25, 0.3) is 5.91 Å². The summed E-state index contributed by atoms with van der Waals surface area (Å²) in [5.41, 5.74) is -2.56. The molecule has 0 spiro atoms. The molecule has 0 saturated heterocycles. The molecule has 0 radical (unpaired) electrons. The first-order valence-corrected chi connectivity index (χ1v) is 9.66. The highest BCUT2D eigenvalue weighted by Crippen LogP contribution is 2.37. The van der Waals surface area contributed by atoms with Crippen molar-refractivity contribution < 1.29 is 24.0 Å². The van der Waals surface area contributed by atoms with Gasteiger partial charge >= 0.3 is 11.6 Å². The summed E-state index contributed by atoms with van der Waals surface area (Å²) in [6.45, 7) is 4.88. The summed E-state index contributed by atoms with van der Waals surface area (Å²) in [4.78, 5) is 37.4. The molecule has 0 fully saturated rings. The summed E-state index contributed by atoms with van der Waals surface area (Å²) in [6, 6.07) is 13.0. The van der Waals surface area contributed by atoms with Crippen LogP contribution in [-0.4, -0.2) is 29.2 Å². The van der Waals surface area contributed by atoms with Crippen molar-refractivity contribution in [3.8, 4) is 0 Å². The highest BCUT2D eigenvalue weighted by atomic mass is 16.5. The number of carbonyl (C=O) groups is 2. The first-order valence-electron chi connectivity index (χ1n) is 9.66. The van der Waals surface area contributed by atoms with E-state index in [9.17, 15) is 19.5 Å². The van der Waals surface area contributed by atoms with E-state index in [0.29, 0.717) is 27.7 Å². The van der Waals surface area contributed by atoms with Crippen LogP contribution >= 0.6 is 0 Å². The van der Waals surface area contributed by atoms with E-state index < -0.39 is 28.5 Å². The second kappa shape index (κ2) is 8.31. The number of aliphatic hydroxyl groups is 1. The minimum atomic E-state index is -2.02. The van der Waals surface area contributed by atoms with Gasteiger partial charge in [-0.1, -0.05) is 35.5 Å². The number of fused-ring (bicyclic) bond motifs is 1. The van der Waals surface area contributed by atoms with Gasteiger partial charge in [0.05, 0.1) is 23.6 Å². The molecule has 0 saturated carbocycles. The van der Waals surface area contributed by atoms with Crippen LogP contribution in [0.5, 0.6) is 0 Å². The molecule has 3 rings (SSSR count). The van der Waals surface area contributed by atoms with Gasteiger partial charge in [0.1, 0.15) is 0 Å². The summed E-state index contributed by atoms with van der Waals surface area (Å²) in [6.07, 6.45) is -0.208. The van der Waals surface area contributed by atoms with E-state index in [4.69, 9.17) is 9.26 Å². The van der Waals surface area contributed by atoms with Crippen molar-refractivity contribution >= 4 is 28.3 Å². The topological polar surface area (TPSA) is 119 Å². The Balaban J connectivity index is 2.01. The maximum absolute atomic E-state index is 13.3. The molecular weight excluding hydrogens is 400 g/mol. The number of nitrogens with one attached hydrogen (secondary N) is 1. The van der Waals surface area contributed by atoms with Crippen LogP contribution in [0.4, 0.5) is 5.69 Å². The number of carbonyl (C=O) groups excluding carboxylic acids is 2.